The number of rotatable bonds is 4. The SMILES string of the molecule is C[C@H]1C(C(=S)NN2CCCCC2)=NN(c2ccccc2Cl)[C@@H]1c1ccc(Cl)cc1. The van der Waals surface area contributed by atoms with Gasteiger partial charge in [-0.25, -0.2) is 5.01 Å². The van der Waals surface area contributed by atoms with E-state index in [1.165, 1.54) is 19.3 Å². The Morgan fingerprint density at radius 1 is 1.03 bits per heavy atom. The maximum Gasteiger partial charge on any atom is 0.137 e. The van der Waals surface area contributed by atoms with Gasteiger partial charge in [0.25, 0.3) is 0 Å². The van der Waals surface area contributed by atoms with Gasteiger partial charge in [0.15, 0.2) is 0 Å². The third-order valence-corrected chi connectivity index (χ3v) is 6.42. The molecule has 0 spiro atoms. The van der Waals surface area contributed by atoms with Crippen molar-refractivity contribution in [3.05, 3.63) is 64.1 Å². The molecule has 2 aliphatic heterocycles. The fourth-order valence-electron chi connectivity index (χ4n) is 4.02. The largest absolute Gasteiger partial charge is 0.308 e. The second-order valence-electron chi connectivity index (χ2n) is 7.55. The molecule has 1 N–H and O–H groups in total. The molecule has 4 rings (SSSR count). The Morgan fingerprint density at radius 3 is 2.41 bits per heavy atom. The van der Waals surface area contributed by atoms with E-state index < -0.39 is 0 Å². The maximum absolute atomic E-state index is 6.52. The minimum atomic E-state index is -0.0109. The van der Waals surface area contributed by atoms with Gasteiger partial charge in [0.2, 0.25) is 0 Å². The zero-order valence-corrected chi connectivity index (χ0v) is 18.6. The van der Waals surface area contributed by atoms with E-state index in [1.54, 1.807) is 0 Å². The van der Waals surface area contributed by atoms with Crippen LogP contribution < -0.4 is 10.4 Å². The lowest BCUT2D eigenvalue weighted by Gasteiger charge is -2.29. The van der Waals surface area contributed by atoms with Gasteiger partial charge >= 0.3 is 0 Å². The summed E-state index contributed by atoms with van der Waals surface area (Å²) in [6, 6.07) is 15.7. The van der Waals surface area contributed by atoms with Crippen LogP contribution in [0.1, 0.15) is 37.8 Å². The van der Waals surface area contributed by atoms with Crippen molar-refractivity contribution in [1.82, 2.24) is 10.4 Å². The first-order chi connectivity index (χ1) is 14.0. The number of piperidine rings is 1. The summed E-state index contributed by atoms with van der Waals surface area (Å²) in [4.78, 5) is 0.688. The lowest BCUT2D eigenvalue weighted by molar-refractivity contribution is 0.197. The summed E-state index contributed by atoms with van der Waals surface area (Å²) in [7, 11) is 0. The smallest absolute Gasteiger partial charge is 0.137 e. The quantitative estimate of drug-likeness (QED) is 0.595. The van der Waals surface area contributed by atoms with Gasteiger partial charge in [0.1, 0.15) is 10.7 Å². The number of hydrogen-bond donors (Lipinski definition) is 1. The van der Waals surface area contributed by atoms with Gasteiger partial charge in [-0.05, 0) is 42.7 Å². The average Bonchev–Trinajstić information content (AvgIpc) is 3.07. The predicted molar refractivity (Wildman–Crippen MR) is 126 cm³/mol. The van der Waals surface area contributed by atoms with Crippen LogP contribution in [0, 0.1) is 5.92 Å². The van der Waals surface area contributed by atoms with Crippen LogP contribution in [0.4, 0.5) is 5.69 Å². The summed E-state index contributed by atoms with van der Waals surface area (Å²) in [5, 5.41) is 10.5. The van der Waals surface area contributed by atoms with E-state index in [9.17, 15) is 0 Å². The number of nitrogens with zero attached hydrogens (tertiary/aromatic N) is 3. The number of benzene rings is 2. The molecule has 4 nitrogen and oxygen atoms in total. The lowest BCUT2D eigenvalue weighted by atomic mass is 9.91. The van der Waals surface area contributed by atoms with E-state index in [0.29, 0.717) is 15.0 Å². The Hall–Kier alpha value is -1.66. The van der Waals surface area contributed by atoms with Gasteiger partial charge < -0.3 is 5.43 Å². The van der Waals surface area contributed by atoms with Gasteiger partial charge in [-0.2, -0.15) is 5.10 Å². The Balaban J connectivity index is 1.66. The van der Waals surface area contributed by atoms with Crippen LogP contribution in [-0.2, 0) is 0 Å². The second-order valence-corrected chi connectivity index (χ2v) is 8.81. The van der Waals surface area contributed by atoms with E-state index >= 15 is 0 Å². The predicted octanol–water partition coefficient (Wildman–Crippen LogP) is 5.86. The summed E-state index contributed by atoms with van der Waals surface area (Å²) in [5.41, 5.74) is 6.29. The highest BCUT2D eigenvalue weighted by Crippen LogP contribution is 2.41. The molecule has 2 aliphatic rings. The summed E-state index contributed by atoms with van der Waals surface area (Å²) in [6.07, 6.45) is 3.66. The van der Waals surface area contributed by atoms with Crippen LogP contribution in [0.2, 0.25) is 10.0 Å². The number of hydrazine groups is 1. The van der Waals surface area contributed by atoms with Crippen molar-refractivity contribution in [1.29, 1.82) is 0 Å². The molecule has 0 amide bonds. The Labute approximate surface area is 187 Å². The van der Waals surface area contributed by atoms with Gasteiger partial charge in [-0.1, -0.05) is 73.0 Å². The third-order valence-electron chi connectivity index (χ3n) is 5.54. The number of para-hydroxylation sites is 1. The van der Waals surface area contributed by atoms with Crippen LogP contribution in [-0.4, -0.2) is 28.8 Å². The molecule has 2 aromatic rings. The van der Waals surface area contributed by atoms with Gasteiger partial charge in [0.05, 0.1) is 16.8 Å². The van der Waals surface area contributed by atoms with Crippen molar-refractivity contribution >= 4 is 51.8 Å². The minimum absolute atomic E-state index is 0.0109. The first-order valence-electron chi connectivity index (χ1n) is 9.98. The molecule has 2 heterocycles. The van der Waals surface area contributed by atoms with Gasteiger partial charge in [-0.15, -0.1) is 0 Å². The minimum Gasteiger partial charge on any atom is -0.308 e. The van der Waals surface area contributed by atoms with E-state index in [1.807, 2.05) is 53.5 Å². The van der Waals surface area contributed by atoms with Crippen LogP contribution in [0.15, 0.2) is 53.6 Å². The molecule has 2 atom stereocenters. The molecule has 0 bridgehead atoms. The fourth-order valence-corrected chi connectivity index (χ4v) is 4.72. The van der Waals surface area contributed by atoms with Crippen LogP contribution in [0.3, 0.4) is 0 Å². The van der Waals surface area contributed by atoms with E-state index in [2.05, 4.69) is 17.4 Å². The Kier molecular flexibility index (Phi) is 6.40. The Morgan fingerprint density at radius 2 is 1.72 bits per heavy atom. The lowest BCUT2D eigenvalue weighted by Crippen LogP contribution is -2.47. The number of anilines is 1. The van der Waals surface area contributed by atoms with Crippen LogP contribution in [0.5, 0.6) is 0 Å². The summed E-state index contributed by atoms with van der Waals surface area (Å²) in [6.45, 7) is 4.19. The molecule has 1 saturated heterocycles. The molecular formula is C22H24Cl2N4S. The highest BCUT2D eigenvalue weighted by Gasteiger charge is 2.39. The zero-order chi connectivity index (χ0) is 20.4. The number of hydrogen-bond acceptors (Lipinski definition) is 4. The molecule has 7 heteroatoms. The second kappa shape index (κ2) is 9.00. The Bertz CT molecular complexity index is 909. The molecule has 2 aromatic carbocycles. The van der Waals surface area contributed by atoms with Crippen molar-refractivity contribution in [3.63, 3.8) is 0 Å². The molecule has 152 valence electrons. The normalized spacial score (nSPS) is 22.4. The van der Waals surface area contributed by atoms with Crippen molar-refractivity contribution in [2.24, 2.45) is 11.0 Å². The molecule has 0 radical (unpaired) electrons. The van der Waals surface area contributed by atoms with Crippen molar-refractivity contribution < 1.29 is 0 Å². The highest BCUT2D eigenvalue weighted by molar-refractivity contribution is 7.82. The van der Waals surface area contributed by atoms with Crippen molar-refractivity contribution in [2.75, 3.05) is 18.1 Å². The van der Waals surface area contributed by atoms with Gasteiger partial charge in [0, 0.05) is 24.0 Å². The fraction of sp³-hybridized carbons (Fsp3) is 0.364. The van der Waals surface area contributed by atoms with Gasteiger partial charge in [-0.3, -0.25) is 5.01 Å². The highest BCUT2D eigenvalue weighted by atomic mass is 35.5. The summed E-state index contributed by atoms with van der Waals surface area (Å²) >= 11 is 18.4. The summed E-state index contributed by atoms with van der Waals surface area (Å²) < 4.78 is 0. The number of hydrazone groups is 1. The maximum atomic E-state index is 6.52. The standard InChI is InChI=1S/C22H24Cl2N4S/c1-15-20(22(29)26-27-13-5-2-6-14-27)25-28(19-8-4-3-7-18(19)24)21(15)16-9-11-17(23)12-10-16/h3-4,7-12,15,21H,2,5-6,13-14H2,1H3,(H,26,29)/t15-,21-/m0/s1. The topological polar surface area (TPSA) is 30.9 Å². The molecular weight excluding hydrogens is 423 g/mol. The molecule has 0 unspecified atom stereocenters. The molecule has 0 aromatic heterocycles. The van der Waals surface area contributed by atoms with Crippen LogP contribution in [0.25, 0.3) is 0 Å². The number of thiocarbonyl (C=S) groups is 1. The summed E-state index contributed by atoms with van der Waals surface area (Å²) in [5.74, 6) is 0.0947. The molecule has 0 aliphatic carbocycles. The van der Waals surface area contributed by atoms with Crippen molar-refractivity contribution in [2.45, 2.75) is 32.2 Å². The third kappa shape index (κ3) is 4.43. The van der Waals surface area contributed by atoms with E-state index in [-0.39, 0.29) is 12.0 Å². The number of nitrogens with one attached hydrogen (secondary N) is 1. The molecule has 29 heavy (non-hydrogen) atoms. The molecule has 1 fully saturated rings. The average molecular weight is 447 g/mol. The monoisotopic (exact) mass is 446 g/mol. The van der Waals surface area contributed by atoms with E-state index in [0.717, 1.165) is 30.1 Å². The van der Waals surface area contributed by atoms with Crippen LogP contribution >= 0.6 is 35.4 Å². The zero-order valence-electron chi connectivity index (χ0n) is 16.3. The first kappa shape index (κ1) is 20.6. The molecule has 0 saturated carbocycles. The van der Waals surface area contributed by atoms with E-state index in [4.69, 9.17) is 40.5 Å². The number of halogens is 2. The first-order valence-corrected chi connectivity index (χ1v) is 11.1. The van der Waals surface area contributed by atoms with Crippen molar-refractivity contribution in [3.8, 4) is 0 Å².